The minimum atomic E-state index is 0.0454. The Balaban J connectivity index is 1.38. The van der Waals surface area contributed by atoms with E-state index in [-0.39, 0.29) is 24.5 Å². The zero-order valence-electron chi connectivity index (χ0n) is 12.9. The SMILES string of the molecule is O=C(CCOCc1ccccc1)NC1C2CCC(C2)C1CO. The normalized spacial score (nSPS) is 29.7. The van der Waals surface area contributed by atoms with Crippen LogP contribution in [0.4, 0.5) is 0 Å². The van der Waals surface area contributed by atoms with Crippen LogP contribution in [0, 0.1) is 17.8 Å². The molecule has 2 N–H and O–H groups in total. The molecule has 1 aromatic carbocycles. The van der Waals surface area contributed by atoms with Crippen LogP contribution in [-0.2, 0) is 16.1 Å². The molecule has 2 fully saturated rings. The molecule has 4 atom stereocenters. The number of aliphatic hydroxyl groups is 1. The number of benzene rings is 1. The number of hydrogen-bond donors (Lipinski definition) is 2. The third-order valence-electron chi connectivity index (χ3n) is 5.21. The van der Waals surface area contributed by atoms with Crippen molar-refractivity contribution in [3.8, 4) is 0 Å². The minimum Gasteiger partial charge on any atom is -0.396 e. The van der Waals surface area contributed by atoms with Gasteiger partial charge in [0.05, 0.1) is 13.2 Å². The van der Waals surface area contributed by atoms with Crippen molar-refractivity contribution in [3.63, 3.8) is 0 Å². The quantitative estimate of drug-likeness (QED) is 0.759. The maximum atomic E-state index is 12.1. The Morgan fingerprint density at radius 3 is 2.77 bits per heavy atom. The second-order valence-electron chi connectivity index (χ2n) is 6.56. The number of carbonyl (C=O) groups is 1. The van der Waals surface area contributed by atoms with Crippen LogP contribution in [0.2, 0.25) is 0 Å². The molecule has 0 aromatic heterocycles. The summed E-state index contributed by atoms with van der Waals surface area (Å²) in [5, 5.41) is 12.7. The molecule has 2 bridgehead atoms. The number of hydrogen-bond acceptors (Lipinski definition) is 3. The molecule has 0 spiro atoms. The summed E-state index contributed by atoms with van der Waals surface area (Å²) in [4.78, 5) is 12.1. The lowest BCUT2D eigenvalue weighted by molar-refractivity contribution is -0.123. The van der Waals surface area contributed by atoms with Gasteiger partial charge in [0.25, 0.3) is 0 Å². The molecular weight excluding hydrogens is 278 g/mol. The lowest BCUT2D eigenvalue weighted by atomic mass is 9.85. The monoisotopic (exact) mass is 303 g/mol. The summed E-state index contributed by atoms with van der Waals surface area (Å²) in [6.45, 7) is 1.17. The molecule has 22 heavy (non-hydrogen) atoms. The first-order valence-corrected chi connectivity index (χ1v) is 8.30. The largest absolute Gasteiger partial charge is 0.396 e. The van der Waals surface area contributed by atoms with E-state index in [0.717, 1.165) is 5.56 Å². The summed E-state index contributed by atoms with van der Waals surface area (Å²) in [6, 6.07) is 10.1. The molecule has 1 aromatic rings. The van der Waals surface area contributed by atoms with Crippen molar-refractivity contribution in [2.75, 3.05) is 13.2 Å². The molecule has 120 valence electrons. The van der Waals surface area contributed by atoms with Crippen LogP contribution in [0.1, 0.15) is 31.2 Å². The van der Waals surface area contributed by atoms with Crippen LogP contribution in [0.25, 0.3) is 0 Å². The molecule has 2 saturated carbocycles. The van der Waals surface area contributed by atoms with Crippen molar-refractivity contribution in [2.45, 2.75) is 38.3 Å². The maximum Gasteiger partial charge on any atom is 0.222 e. The Morgan fingerprint density at radius 1 is 1.23 bits per heavy atom. The topological polar surface area (TPSA) is 58.6 Å². The number of ether oxygens (including phenoxy) is 1. The summed E-state index contributed by atoms with van der Waals surface area (Å²) in [6.07, 6.45) is 3.96. The van der Waals surface area contributed by atoms with Gasteiger partial charge in [0.15, 0.2) is 0 Å². The van der Waals surface area contributed by atoms with Gasteiger partial charge in [-0.2, -0.15) is 0 Å². The number of nitrogens with one attached hydrogen (secondary N) is 1. The summed E-state index contributed by atoms with van der Waals surface area (Å²) in [5.41, 5.74) is 1.12. The molecule has 0 saturated heterocycles. The first-order chi connectivity index (χ1) is 10.8. The Labute approximate surface area is 131 Å². The fraction of sp³-hybridized carbons (Fsp3) is 0.611. The first-order valence-electron chi connectivity index (χ1n) is 8.30. The fourth-order valence-corrected chi connectivity index (χ4v) is 4.09. The van der Waals surface area contributed by atoms with Crippen molar-refractivity contribution in [3.05, 3.63) is 35.9 Å². The van der Waals surface area contributed by atoms with Crippen LogP contribution in [0.5, 0.6) is 0 Å². The van der Waals surface area contributed by atoms with Crippen molar-refractivity contribution in [1.82, 2.24) is 5.32 Å². The van der Waals surface area contributed by atoms with Gasteiger partial charge in [0.1, 0.15) is 0 Å². The third-order valence-corrected chi connectivity index (χ3v) is 5.21. The van der Waals surface area contributed by atoms with Gasteiger partial charge in [-0.05, 0) is 36.7 Å². The van der Waals surface area contributed by atoms with E-state index in [2.05, 4.69) is 5.32 Å². The number of carbonyl (C=O) groups excluding carboxylic acids is 1. The van der Waals surface area contributed by atoms with Crippen LogP contribution in [0.15, 0.2) is 30.3 Å². The van der Waals surface area contributed by atoms with E-state index in [1.807, 2.05) is 30.3 Å². The van der Waals surface area contributed by atoms with E-state index in [0.29, 0.717) is 31.5 Å². The molecule has 3 rings (SSSR count). The fourth-order valence-electron chi connectivity index (χ4n) is 4.09. The van der Waals surface area contributed by atoms with Gasteiger partial charge in [0, 0.05) is 25.0 Å². The molecule has 2 aliphatic rings. The Kier molecular flexibility index (Phi) is 5.11. The summed E-state index contributed by atoms with van der Waals surface area (Å²) >= 11 is 0. The van der Waals surface area contributed by atoms with Crippen LogP contribution in [0.3, 0.4) is 0 Å². The highest BCUT2D eigenvalue weighted by Crippen LogP contribution is 2.48. The number of amides is 1. The number of rotatable bonds is 7. The molecule has 2 aliphatic carbocycles. The van der Waals surface area contributed by atoms with Gasteiger partial charge in [-0.25, -0.2) is 0 Å². The van der Waals surface area contributed by atoms with Crippen LogP contribution >= 0.6 is 0 Å². The third kappa shape index (κ3) is 3.50. The molecule has 0 radical (unpaired) electrons. The summed E-state index contributed by atoms with van der Waals surface area (Å²) in [5.74, 6) is 1.47. The van der Waals surface area contributed by atoms with Gasteiger partial charge in [-0.1, -0.05) is 30.3 Å². The van der Waals surface area contributed by atoms with E-state index in [9.17, 15) is 9.90 Å². The highest BCUT2D eigenvalue weighted by Gasteiger charge is 2.47. The van der Waals surface area contributed by atoms with Gasteiger partial charge in [0.2, 0.25) is 5.91 Å². The predicted octanol–water partition coefficient (Wildman–Crippen LogP) is 2.12. The second-order valence-corrected chi connectivity index (χ2v) is 6.56. The average Bonchev–Trinajstić information content (AvgIpc) is 3.14. The van der Waals surface area contributed by atoms with Gasteiger partial charge >= 0.3 is 0 Å². The molecule has 0 aliphatic heterocycles. The second kappa shape index (κ2) is 7.25. The molecule has 4 nitrogen and oxygen atoms in total. The van der Waals surface area contributed by atoms with E-state index in [4.69, 9.17) is 4.74 Å². The van der Waals surface area contributed by atoms with Crippen LogP contribution in [-0.4, -0.2) is 30.3 Å². The summed E-state index contributed by atoms with van der Waals surface area (Å²) in [7, 11) is 0. The zero-order valence-corrected chi connectivity index (χ0v) is 12.9. The average molecular weight is 303 g/mol. The standard InChI is InChI=1S/C18H25NO3/c20-11-16-14-6-7-15(10-14)18(16)19-17(21)8-9-22-12-13-4-2-1-3-5-13/h1-5,14-16,18,20H,6-12H2,(H,19,21). The van der Waals surface area contributed by atoms with E-state index in [1.165, 1.54) is 19.3 Å². The lowest BCUT2D eigenvalue weighted by Crippen LogP contribution is -2.45. The van der Waals surface area contributed by atoms with E-state index in [1.54, 1.807) is 0 Å². The highest BCUT2D eigenvalue weighted by molar-refractivity contribution is 5.76. The lowest BCUT2D eigenvalue weighted by Gasteiger charge is -2.30. The van der Waals surface area contributed by atoms with Gasteiger partial charge < -0.3 is 15.2 Å². The summed E-state index contributed by atoms with van der Waals surface area (Å²) < 4.78 is 5.56. The van der Waals surface area contributed by atoms with Crippen molar-refractivity contribution in [1.29, 1.82) is 0 Å². The highest BCUT2D eigenvalue weighted by atomic mass is 16.5. The molecule has 1 amide bonds. The van der Waals surface area contributed by atoms with Crippen LogP contribution < -0.4 is 5.32 Å². The van der Waals surface area contributed by atoms with E-state index < -0.39 is 0 Å². The van der Waals surface area contributed by atoms with Crippen molar-refractivity contribution >= 4 is 5.91 Å². The minimum absolute atomic E-state index is 0.0454. The van der Waals surface area contributed by atoms with Crippen molar-refractivity contribution in [2.24, 2.45) is 17.8 Å². The van der Waals surface area contributed by atoms with Gasteiger partial charge in [-0.3, -0.25) is 4.79 Å². The van der Waals surface area contributed by atoms with Crippen molar-refractivity contribution < 1.29 is 14.6 Å². The predicted molar refractivity (Wildman–Crippen MR) is 84.1 cm³/mol. The van der Waals surface area contributed by atoms with Gasteiger partial charge in [-0.15, -0.1) is 0 Å². The Hall–Kier alpha value is -1.39. The Bertz CT molecular complexity index is 490. The Morgan fingerprint density at radius 2 is 2.00 bits per heavy atom. The van der Waals surface area contributed by atoms with E-state index >= 15 is 0 Å². The molecular formula is C18H25NO3. The first kappa shape index (κ1) is 15.5. The number of fused-ring (bicyclic) bond motifs is 2. The zero-order chi connectivity index (χ0) is 15.4. The maximum absolute atomic E-state index is 12.1. The molecule has 4 unspecified atom stereocenters. The smallest absolute Gasteiger partial charge is 0.222 e. The molecule has 4 heteroatoms. The molecule has 0 heterocycles. The number of aliphatic hydroxyl groups excluding tert-OH is 1.